The molecular weight excluding hydrogens is 492 g/mol. The number of carbonyl (C=O) groups is 1. The quantitative estimate of drug-likeness (QED) is 0.252. The molecule has 3 rings (SSSR count). The Hall–Kier alpha value is -1.90. The lowest BCUT2D eigenvalue weighted by Crippen LogP contribution is -2.46. The molecule has 1 unspecified atom stereocenters. The average Bonchev–Trinajstić information content (AvgIpc) is 3.27. The maximum atomic E-state index is 13.7. The number of hydrogen-bond donors (Lipinski definition) is 0. The number of fused-ring (bicyclic) bond motifs is 3. The van der Waals surface area contributed by atoms with Crippen LogP contribution < -0.4 is 0 Å². The van der Waals surface area contributed by atoms with Gasteiger partial charge >= 0.3 is 6.03 Å². The van der Waals surface area contributed by atoms with E-state index in [1.165, 1.54) is 38.5 Å². The summed E-state index contributed by atoms with van der Waals surface area (Å²) in [5, 5.41) is 6.72. The third-order valence-electron chi connectivity index (χ3n) is 8.32. The van der Waals surface area contributed by atoms with Crippen molar-refractivity contribution in [3.05, 3.63) is 36.7 Å². The second-order valence-corrected chi connectivity index (χ2v) is 17.2. The van der Waals surface area contributed by atoms with Gasteiger partial charge in [-0.25, -0.2) is 9.48 Å². The Morgan fingerprint density at radius 2 is 1.74 bits per heavy atom. The zero-order valence-electron chi connectivity index (χ0n) is 24.7. The van der Waals surface area contributed by atoms with E-state index in [1.54, 1.807) is 11.1 Å². The number of rotatable bonds is 8. The number of amides is 2. The van der Waals surface area contributed by atoms with Crippen LogP contribution in [0.3, 0.4) is 0 Å². The summed E-state index contributed by atoms with van der Waals surface area (Å²) in [5.74, 6) is 0. The number of carbonyl (C=O) groups excluding carboxylic acids is 1. The molecule has 7 nitrogen and oxygen atoms in total. The van der Waals surface area contributed by atoms with Crippen LogP contribution in [0.1, 0.15) is 90.7 Å². The topological polar surface area (TPSA) is 59.8 Å². The standard InChI is InChI=1S/C30H52N4O3Si/c1-7-22-36-34-27-17-15-13-11-9-8-10-12-14-16-20-32(29(34)35)25-28(24-27)33-21-18-26(31-33)19-23-37-38(5,6)30(2,3)4/h7,18,21,24,27H,1,8-17,19-20,22-23,25H2,2-6H3. The van der Waals surface area contributed by atoms with Gasteiger partial charge in [0.2, 0.25) is 0 Å². The Balaban J connectivity index is 1.80. The molecule has 2 aliphatic heterocycles. The molecule has 1 saturated heterocycles. The maximum absolute atomic E-state index is 13.7. The van der Waals surface area contributed by atoms with Crippen molar-refractivity contribution in [2.75, 3.05) is 26.3 Å². The van der Waals surface area contributed by atoms with E-state index >= 15 is 0 Å². The highest BCUT2D eigenvalue weighted by Crippen LogP contribution is 2.36. The Kier molecular flexibility index (Phi) is 11.7. The second-order valence-electron chi connectivity index (χ2n) is 12.4. The molecule has 0 aromatic carbocycles. The van der Waals surface area contributed by atoms with Gasteiger partial charge in [0.15, 0.2) is 8.32 Å². The zero-order chi connectivity index (χ0) is 27.6. The van der Waals surface area contributed by atoms with Crippen molar-refractivity contribution in [3.63, 3.8) is 0 Å². The third kappa shape index (κ3) is 8.81. The van der Waals surface area contributed by atoms with Crippen molar-refractivity contribution in [2.24, 2.45) is 0 Å². The first-order valence-corrected chi connectivity index (χ1v) is 17.7. The molecule has 0 aliphatic carbocycles. The van der Waals surface area contributed by atoms with Gasteiger partial charge in [0.05, 0.1) is 30.6 Å². The molecule has 1 fully saturated rings. The molecule has 2 aliphatic rings. The molecule has 0 N–H and O–H groups in total. The fourth-order valence-corrected chi connectivity index (χ4v) is 5.92. The van der Waals surface area contributed by atoms with E-state index in [0.717, 1.165) is 50.0 Å². The highest BCUT2D eigenvalue weighted by Gasteiger charge is 2.37. The molecule has 0 spiro atoms. The third-order valence-corrected chi connectivity index (χ3v) is 12.9. The largest absolute Gasteiger partial charge is 0.416 e. The fraction of sp³-hybridized carbons (Fsp3) is 0.733. The number of hydroxylamine groups is 2. The van der Waals surface area contributed by atoms with E-state index in [4.69, 9.17) is 14.4 Å². The monoisotopic (exact) mass is 544 g/mol. The van der Waals surface area contributed by atoms with Crippen molar-refractivity contribution >= 4 is 20.0 Å². The lowest BCUT2D eigenvalue weighted by atomic mass is 10.0. The van der Waals surface area contributed by atoms with E-state index < -0.39 is 8.32 Å². The predicted octanol–water partition coefficient (Wildman–Crippen LogP) is 7.43. The Labute approximate surface area is 232 Å². The van der Waals surface area contributed by atoms with Crippen LogP contribution in [-0.2, 0) is 15.7 Å². The molecule has 1 aromatic heterocycles. The van der Waals surface area contributed by atoms with Crippen LogP contribution in [-0.4, -0.2) is 66.4 Å². The molecular formula is C30H52N4O3Si. The summed E-state index contributed by atoms with van der Waals surface area (Å²) in [6.45, 7) is 17.4. The van der Waals surface area contributed by atoms with Gasteiger partial charge < -0.3 is 9.33 Å². The Morgan fingerprint density at radius 1 is 1.08 bits per heavy atom. The van der Waals surface area contributed by atoms with E-state index in [-0.39, 0.29) is 17.1 Å². The number of aromatic nitrogens is 2. The van der Waals surface area contributed by atoms with Crippen LogP contribution >= 0.6 is 0 Å². The van der Waals surface area contributed by atoms with E-state index in [0.29, 0.717) is 19.8 Å². The van der Waals surface area contributed by atoms with Crippen LogP contribution in [0.2, 0.25) is 18.1 Å². The molecule has 38 heavy (non-hydrogen) atoms. The number of nitrogens with zero attached hydrogens (tertiary/aromatic N) is 4. The molecule has 1 aromatic rings. The molecule has 8 heteroatoms. The summed E-state index contributed by atoms with van der Waals surface area (Å²) in [5.41, 5.74) is 2.06. The smallest absolute Gasteiger partial charge is 0.344 e. The minimum Gasteiger partial charge on any atom is -0.416 e. The summed E-state index contributed by atoms with van der Waals surface area (Å²) in [7, 11) is -1.78. The lowest BCUT2D eigenvalue weighted by molar-refractivity contribution is -0.131. The zero-order valence-corrected chi connectivity index (χ0v) is 25.7. The van der Waals surface area contributed by atoms with Crippen molar-refractivity contribution in [3.8, 4) is 0 Å². The lowest BCUT2D eigenvalue weighted by Gasteiger charge is -2.36. The van der Waals surface area contributed by atoms with Crippen LogP contribution in [0.4, 0.5) is 4.79 Å². The van der Waals surface area contributed by atoms with Crippen molar-refractivity contribution in [1.29, 1.82) is 0 Å². The van der Waals surface area contributed by atoms with Gasteiger partial charge in [-0.3, -0.25) is 4.84 Å². The Morgan fingerprint density at radius 3 is 2.39 bits per heavy atom. The summed E-state index contributed by atoms with van der Waals surface area (Å²) < 4.78 is 8.35. The normalized spacial score (nSPS) is 21.0. The van der Waals surface area contributed by atoms with Crippen LogP contribution in [0.5, 0.6) is 0 Å². The molecule has 1 atom stereocenters. The number of hydrogen-bond acceptors (Lipinski definition) is 4. The molecule has 2 amide bonds. The van der Waals surface area contributed by atoms with Crippen molar-refractivity contribution in [1.82, 2.24) is 19.7 Å². The predicted molar refractivity (Wildman–Crippen MR) is 158 cm³/mol. The summed E-state index contributed by atoms with van der Waals surface area (Å²) in [6, 6.07) is 1.91. The minimum atomic E-state index is -1.78. The fourth-order valence-electron chi connectivity index (χ4n) is 4.87. The van der Waals surface area contributed by atoms with Crippen LogP contribution in [0.15, 0.2) is 31.0 Å². The summed E-state index contributed by atoms with van der Waals surface area (Å²) in [6.07, 6.45) is 18.5. The molecule has 0 saturated carbocycles. The molecule has 3 heterocycles. The first-order valence-electron chi connectivity index (χ1n) is 14.8. The van der Waals surface area contributed by atoms with E-state index in [9.17, 15) is 4.79 Å². The van der Waals surface area contributed by atoms with E-state index in [2.05, 4.69) is 52.6 Å². The molecule has 214 valence electrons. The van der Waals surface area contributed by atoms with Crippen LogP contribution in [0.25, 0.3) is 5.70 Å². The van der Waals surface area contributed by atoms with Gasteiger partial charge in [-0.2, -0.15) is 10.2 Å². The Bertz CT molecular complexity index is 921. The first kappa shape index (κ1) is 30.6. The van der Waals surface area contributed by atoms with Gasteiger partial charge in [0.25, 0.3) is 0 Å². The van der Waals surface area contributed by atoms with Gasteiger partial charge in [0.1, 0.15) is 0 Å². The SMILES string of the molecule is C=CCON1C(=O)N2CCCCCCCCCCCC1C=C(n1ccc(CCO[Si](C)(C)C(C)(C)C)n1)C2. The van der Waals surface area contributed by atoms with Gasteiger partial charge in [-0.15, -0.1) is 6.58 Å². The van der Waals surface area contributed by atoms with Gasteiger partial charge in [0, 0.05) is 25.8 Å². The van der Waals surface area contributed by atoms with Gasteiger partial charge in [-0.05, 0) is 43.1 Å². The minimum absolute atomic E-state index is 0.0480. The summed E-state index contributed by atoms with van der Waals surface area (Å²) in [4.78, 5) is 21.6. The van der Waals surface area contributed by atoms with Crippen molar-refractivity contribution < 1.29 is 14.1 Å². The van der Waals surface area contributed by atoms with Crippen LogP contribution in [0, 0.1) is 0 Å². The maximum Gasteiger partial charge on any atom is 0.344 e. The molecule has 2 bridgehead atoms. The highest BCUT2D eigenvalue weighted by atomic mass is 28.4. The van der Waals surface area contributed by atoms with Crippen molar-refractivity contribution in [2.45, 2.75) is 116 Å². The number of urea groups is 1. The van der Waals surface area contributed by atoms with Gasteiger partial charge in [-0.1, -0.05) is 78.2 Å². The van der Waals surface area contributed by atoms with E-state index in [1.807, 2.05) is 15.8 Å². The summed E-state index contributed by atoms with van der Waals surface area (Å²) >= 11 is 0. The average molecular weight is 545 g/mol. The first-order chi connectivity index (χ1) is 18.1. The highest BCUT2D eigenvalue weighted by molar-refractivity contribution is 6.74. The second kappa shape index (κ2) is 14.5. The molecule has 0 radical (unpaired) electrons.